The van der Waals surface area contributed by atoms with Gasteiger partial charge >= 0.3 is 5.97 Å². The minimum atomic E-state index is -0.958. The molecule has 3 nitrogen and oxygen atoms in total. The predicted octanol–water partition coefficient (Wildman–Crippen LogP) is 2.32. The minimum absolute atomic E-state index is 0.290. The highest BCUT2D eigenvalue weighted by atomic mass is 127. The number of benzene rings is 1. The summed E-state index contributed by atoms with van der Waals surface area (Å²) in [6.07, 6.45) is 0.967. The van der Waals surface area contributed by atoms with Crippen molar-refractivity contribution in [3.8, 4) is 5.75 Å². The van der Waals surface area contributed by atoms with Gasteiger partial charge in [-0.3, -0.25) is 0 Å². The molecule has 14 heavy (non-hydrogen) atoms. The third kappa shape index (κ3) is 3.17. The molecule has 0 atom stereocenters. The normalized spacial score (nSPS) is 9.86. The fourth-order valence-electron chi connectivity index (χ4n) is 1.02. The molecule has 0 amide bonds. The van der Waals surface area contributed by atoms with E-state index in [1.165, 1.54) is 5.56 Å². The number of ether oxygens (including phenoxy) is 1. The van der Waals surface area contributed by atoms with Crippen LogP contribution in [0.3, 0.4) is 0 Å². The third-order valence-corrected chi connectivity index (χ3v) is 2.60. The second-order valence-corrected chi connectivity index (χ2v) is 3.96. The lowest BCUT2D eigenvalue weighted by atomic mass is 10.2. The van der Waals surface area contributed by atoms with E-state index < -0.39 is 5.97 Å². The highest BCUT2D eigenvalue weighted by molar-refractivity contribution is 14.1. The van der Waals surface area contributed by atoms with Gasteiger partial charge in [0, 0.05) is 0 Å². The van der Waals surface area contributed by atoms with Gasteiger partial charge in [0.1, 0.15) is 5.75 Å². The first kappa shape index (κ1) is 11.3. The Hall–Kier alpha value is -0.780. The van der Waals surface area contributed by atoms with Gasteiger partial charge in [0.2, 0.25) is 0 Å². The molecule has 0 heterocycles. The van der Waals surface area contributed by atoms with Crippen LogP contribution in [-0.4, -0.2) is 17.7 Å². The van der Waals surface area contributed by atoms with Crippen molar-refractivity contribution >= 4 is 28.6 Å². The number of halogens is 1. The van der Waals surface area contributed by atoms with Crippen molar-refractivity contribution in [3.63, 3.8) is 0 Å². The molecule has 0 bridgehead atoms. The largest absolute Gasteiger partial charge is 0.481 e. The predicted molar refractivity (Wildman–Crippen MR) is 61.7 cm³/mol. The average molecular weight is 306 g/mol. The topological polar surface area (TPSA) is 46.5 Å². The molecule has 0 radical (unpaired) electrons. The quantitative estimate of drug-likeness (QED) is 0.868. The fraction of sp³-hybridized carbons (Fsp3) is 0.300. The standard InChI is InChI=1S/C10H11IO3/c1-2-7-3-4-9(8(11)5-7)14-6-10(12)13/h3-5H,2,6H2,1H3,(H,12,13). The van der Waals surface area contributed by atoms with Crippen LogP contribution in [0.4, 0.5) is 0 Å². The fourth-order valence-corrected chi connectivity index (χ4v) is 1.76. The second-order valence-electron chi connectivity index (χ2n) is 2.80. The van der Waals surface area contributed by atoms with E-state index in [0.29, 0.717) is 5.75 Å². The molecule has 0 fully saturated rings. The first-order valence-electron chi connectivity index (χ1n) is 4.26. The van der Waals surface area contributed by atoms with Crippen molar-refractivity contribution in [2.24, 2.45) is 0 Å². The number of carbonyl (C=O) groups is 1. The molecule has 0 saturated carbocycles. The number of hydrogen-bond acceptors (Lipinski definition) is 2. The lowest BCUT2D eigenvalue weighted by Crippen LogP contribution is -2.10. The number of carboxylic acid groups (broad SMARTS) is 1. The van der Waals surface area contributed by atoms with E-state index in [2.05, 4.69) is 29.5 Å². The number of rotatable bonds is 4. The molecule has 1 aromatic rings. The molecular formula is C10H11IO3. The Labute approximate surface area is 96.2 Å². The molecule has 1 aromatic carbocycles. The van der Waals surface area contributed by atoms with Crippen LogP contribution in [0.2, 0.25) is 0 Å². The van der Waals surface area contributed by atoms with Gasteiger partial charge in [0.15, 0.2) is 6.61 Å². The van der Waals surface area contributed by atoms with Gasteiger partial charge in [-0.1, -0.05) is 13.0 Å². The van der Waals surface area contributed by atoms with Crippen LogP contribution < -0.4 is 4.74 Å². The molecule has 0 spiro atoms. The van der Waals surface area contributed by atoms with Gasteiger partial charge in [-0.2, -0.15) is 0 Å². The van der Waals surface area contributed by atoms with Crippen molar-refractivity contribution < 1.29 is 14.6 Å². The zero-order chi connectivity index (χ0) is 10.6. The smallest absolute Gasteiger partial charge is 0.341 e. The molecule has 0 unspecified atom stereocenters. The summed E-state index contributed by atoms with van der Waals surface area (Å²) in [6, 6.07) is 5.75. The van der Waals surface area contributed by atoms with E-state index in [0.717, 1.165) is 9.99 Å². The molecule has 0 aliphatic heterocycles. The van der Waals surface area contributed by atoms with Gasteiger partial charge in [0.25, 0.3) is 0 Å². The van der Waals surface area contributed by atoms with Crippen LogP contribution in [0.25, 0.3) is 0 Å². The summed E-state index contributed by atoms with van der Waals surface area (Å²) in [5, 5.41) is 8.44. The Morgan fingerprint density at radius 1 is 1.57 bits per heavy atom. The summed E-state index contributed by atoms with van der Waals surface area (Å²) in [4.78, 5) is 10.3. The molecule has 0 aromatic heterocycles. The summed E-state index contributed by atoms with van der Waals surface area (Å²) in [5.74, 6) is -0.328. The summed E-state index contributed by atoms with van der Waals surface area (Å²) < 4.78 is 6.04. The Morgan fingerprint density at radius 3 is 2.79 bits per heavy atom. The molecule has 1 rings (SSSR count). The van der Waals surface area contributed by atoms with Crippen molar-refractivity contribution in [1.82, 2.24) is 0 Å². The highest BCUT2D eigenvalue weighted by Gasteiger charge is 2.03. The van der Waals surface area contributed by atoms with Gasteiger partial charge in [0.05, 0.1) is 3.57 Å². The first-order chi connectivity index (χ1) is 6.63. The van der Waals surface area contributed by atoms with E-state index in [1.54, 1.807) is 0 Å². The van der Waals surface area contributed by atoms with E-state index in [4.69, 9.17) is 9.84 Å². The summed E-state index contributed by atoms with van der Waals surface area (Å²) in [6.45, 7) is 1.78. The van der Waals surface area contributed by atoms with Crippen LogP contribution in [0.15, 0.2) is 18.2 Å². The Kier molecular flexibility index (Phi) is 4.19. The van der Waals surface area contributed by atoms with Crippen molar-refractivity contribution in [2.45, 2.75) is 13.3 Å². The number of carboxylic acids is 1. The summed E-state index contributed by atoms with van der Waals surface area (Å²) in [7, 11) is 0. The average Bonchev–Trinajstić information content (AvgIpc) is 2.15. The molecule has 1 N–H and O–H groups in total. The van der Waals surface area contributed by atoms with Gasteiger partial charge in [-0.25, -0.2) is 4.79 Å². The minimum Gasteiger partial charge on any atom is -0.481 e. The highest BCUT2D eigenvalue weighted by Crippen LogP contribution is 2.22. The molecule has 76 valence electrons. The maximum absolute atomic E-state index is 10.3. The molecule has 4 heteroatoms. The maximum Gasteiger partial charge on any atom is 0.341 e. The number of aryl methyl sites for hydroxylation is 1. The van der Waals surface area contributed by atoms with Crippen LogP contribution in [-0.2, 0) is 11.2 Å². The third-order valence-electron chi connectivity index (χ3n) is 1.76. The Bertz CT molecular complexity index is 336. The molecule has 0 saturated heterocycles. The Morgan fingerprint density at radius 2 is 2.29 bits per heavy atom. The molecule has 0 aliphatic carbocycles. The Balaban J connectivity index is 2.73. The van der Waals surface area contributed by atoms with E-state index in [1.807, 2.05) is 18.2 Å². The number of hydrogen-bond donors (Lipinski definition) is 1. The van der Waals surface area contributed by atoms with Crippen LogP contribution in [0, 0.1) is 3.57 Å². The van der Waals surface area contributed by atoms with E-state index >= 15 is 0 Å². The molecule has 0 aliphatic rings. The number of aliphatic carboxylic acids is 1. The van der Waals surface area contributed by atoms with Crippen molar-refractivity contribution in [1.29, 1.82) is 0 Å². The van der Waals surface area contributed by atoms with Crippen molar-refractivity contribution in [3.05, 3.63) is 27.3 Å². The van der Waals surface area contributed by atoms with Gasteiger partial charge in [-0.15, -0.1) is 0 Å². The van der Waals surface area contributed by atoms with Gasteiger partial charge < -0.3 is 9.84 Å². The zero-order valence-electron chi connectivity index (χ0n) is 7.79. The monoisotopic (exact) mass is 306 g/mol. The first-order valence-corrected chi connectivity index (χ1v) is 5.34. The van der Waals surface area contributed by atoms with Crippen LogP contribution in [0.5, 0.6) is 5.75 Å². The van der Waals surface area contributed by atoms with Gasteiger partial charge in [-0.05, 0) is 46.7 Å². The van der Waals surface area contributed by atoms with E-state index in [-0.39, 0.29) is 6.61 Å². The SMILES string of the molecule is CCc1ccc(OCC(=O)O)c(I)c1. The maximum atomic E-state index is 10.3. The van der Waals surface area contributed by atoms with Crippen LogP contribution >= 0.6 is 22.6 Å². The summed E-state index contributed by atoms with van der Waals surface area (Å²) in [5.41, 5.74) is 1.22. The lowest BCUT2D eigenvalue weighted by molar-refractivity contribution is -0.139. The van der Waals surface area contributed by atoms with Crippen molar-refractivity contribution in [2.75, 3.05) is 6.61 Å². The summed E-state index contributed by atoms with van der Waals surface area (Å²) >= 11 is 2.14. The second kappa shape index (κ2) is 5.19. The lowest BCUT2D eigenvalue weighted by Gasteiger charge is -2.06. The van der Waals surface area contributed by atoms with Crippen LogP contribution in [0.1, 0.15) is 12.5 Å². The zero-order valence-corrected chi connectivity index (χ0v) is 9.95. The van der Waals surface area contributed by atoms with E-state index in [9.17, 15) is 4.79 Å². The molecular weight excluding hydrogens is 295 g/mol.